The second-order valence-electron chi connectivity index (χ2n) is 6.11. The maximum atomic E-state index is 12.3. The molecule has 0 aliphatic heterocycles. The largest absolute Gasteiger partial charge is 0.390 e. The molecule has 2 rings (SSSR count). The number of imidazole rings is 1. The van der Waals surface area contributed by atoms with Crippen molar-refractivity contribution in [1.29, 1.82) is 0 Å². The van der Waals surface area contributed by atoms with Crippen molar-refractivity contribution in [3.8, 4) is 0 Å². The molecule has 0 aliphatic carbocycles. The Kier molecular flexibility index (Phi) is 10.9. The highest BCUT2D eigenvalue weighted by Crippen LogP contribution is 2.18. The summed E-state index contributed by atoms with van der Waals surface area (Å²) in [6, 6.07) is 10.3. The van der Waals surface area contributed by atoms with Gasteiger partial charge in [-0.25, -0.2) is 9.98 Å². The van der Waals surface area contributed by atoms with Crippen LogP contribution in [0.3, 0.4) is 0 Å². The first-order valence-corrected chi connectivity index (χ1v) is 9.11. The van der Waals surface area contributed by atoms with Gasteiger partial charge in [-0.15, -0.1) is 24.0 Å². The number of nitrogens with zero attached hydrogens (tertiary/aromatic N) is 3. The second kappa shape index (κ2) is 12.6. The molecule has 0 unspecified atom stereocenters. The lowest BCUT2D eigenvalue weighted by Gasteiger charge is -2.12. The summed E-state index contributed by atoms with van der Waals surface area (Å²) in [6.45, 7) is 3.35. The van der Waals surface area contributed by atoms with E-state index >= 15 is 0 Å². The molecule has 156 valence electrons. The Bertz CT molecular complexity index is 701. The van der Waals surface area contributed by atoms with Crippen LogP contribution in [0.5, 0.6) is 0 Å². The average Bonchev–Trinajstić information content (AvgIpc) is 3.07. The molecule has 0 saturated heterocycles. The number of hydrogen-bond donors (Lipinski definition) is 2. The molecule has 1 heterocycles. The van der Waals surface area contributed by atoms with Crippen LogP contribution in [0.1, 0.15) is 31.2 Å². The molecule has 28 heavy (non-hydrogen) atoms. The maximum absolute atomic E-state index is 12.3. The van der Waals surface area contributed by atoms with Crippen molar-refractivity contribution in [3.05, 3.63) is 54.1 Å². The van der Waals surface area contributed by atoms with Crippen LogP contribution in [0.25, 0.3) is 0 Å². The smallest absolute Gasteiger partial charge is 0.357 e. The van der Waals surface area contributed by atoms with Gasteiger partial charge in [0.1, 0.15) is 12.4 Å². The molecule has 0 saturated carbocycles. The summed E-state index contributed by atoms with van der Waals surface area (Å²) in [4.78, 5) is 8.66. The van der Waals surface area contributed by atoms with Crippen molar-refractivity contribution in [3.63, 3.8) is 0 Å². The third-order valence-corrected chi connectivity index (χ3v) is 3.93. The van der Waals surface area contributed by atoms with E-state index in [1.54, 1.807) is 6.20 Å². The predicted molar refractivity (Wildman–Crippen MR) is 116 cm³/mol. The van der Waals surface area contributed by atoms with Gasteiger partial charge in [-0.1, -0.05) is 30.3 Å². The quantitative estimate of drug-likeness (QED) is 0.304. The van der Waals surface area contributed by atoms with Gasteiger partial charge >= 0.3 is 6.18 Å². The van der Waals surface area contributed by atoms with Crippen LogP contribution in [-0.4, -0.2) is 34.8 Å². The van der Waals surface area contributed by atoms with Crippen molar-refractivity contribution >= 4 is 29.9 Å². The van der Waals surface area contributed by atoms with Crippen LogP contribution in [0.4, 0.5) is 13.2 Å². The van der Waals surface area contributed by atoms with Crippen LogP contribution in [0, 0.1) is 0 Å². The SMILES string of the molecule is CCNC(=NCc1nccn1CCCc1ccccc1)NCCC(F)(F)F.I. The number of guanidine groups is 1. The standard InChI is InChI=1S/C19H26F3N5.HI/c1-2-23-18(25-11-10-19(20,21)22)26-15-17-24-12-14-27(17)13-6-9-16-7-4-3-5-8-16;/h3-5,7-8,12,14H,2,6,9-11,13,15H2,1H3,(H2,23,25,26);1H. The number of alkyl halides is 3. The van der Waals surface area contributed by atoms with Crippen molar-refractivity contribution in [2.75, 3.05) is 13.1 Å². The minimum absolute atomic E-state index is 0. The molecule has 0 fully saturated rings. The Morgan fingerprint density at radius 1 is 1.18 bits per heavy atom. The molecule has 1 aromatic heterocycles. The molecule has 0 spiro atoms. The predicted octanol–water partition coefficient (Wildman–Crippen LogP) is 4.14. The molecular weight excluding hydrogens is 482 g/mol. The fraction of sp³-hybridized carbons (Fsp3) is 0.474. The Hall–Kier alpha value is -1.78. The fourth-order valence-corrected chi connectivity index (χ4v) is 2.61. The Labute approximate surface area is 180 Å². The number of aliphatic imine (C=N–C) groups is 1. The first-order chi connectivity index (χ1) is 13.0. The van der Waals surface area contributed by atoms with E-state index in [2.05, 4.69) is 32.7 Å². The summed E-state index contributed by atoms with van der Waals surface area (Å²) in [5.41, 5.74) is 1.29. The van der Waals surface area contributed by atoms with Gasteiger partial charge in [0.05, 0.1) is 6.42 Å². The fourth-order valence-electron chi connectivity index (χ4n) is 2.61. The molecular formula is C19H27F3IN5. The zero-order valence-corrected chi connectivity index (χ0v) is 18.2. The maximum Gasteiger partial charge on any atom is 0.390 e. The van der Waals surface area contributed by atoms with E-state index in [0.29, 0.717) is 19.0 Å². The van der Waals surface area contributed by atoms with E-state index in [9.17, 15) is 13.2 Å². The number of rotatable bonds is 9. The number of halogens is 4. The van der Waals surface area contributed by atoms with Crippen LogP contribution >= 0.6 is 24.0 Å². The third-order valence-electron chi connectivity index (χ3n) is 3.93. The second-order valence-corrected chi connectivity index (χ2v) is 6.11. The zero-order chi connectivity index (χ0) is 19.5. The molecule has 2 N–H and O–H groups in total. The van der Waals surface area contributed by atoms with Crippen LogP contribution in [0.15, 0.2) is 47.7 Å². The highest BCUT2D eigenvalue weighted by Gasteiger charge is 2.26. The highest BCUT2D eigenvalue weighted by molar-refractivity contribution is 14.0. The number of aromatic nitrogens is 2. The van der Waals surface area contributed by atoms with E-state index in [1.807, 2.05) is 35.9 Å². The van der Waals surface area contributed by atoms with Crippen LogP contribution < -0.4 is 10.6 Å². The molecule has 0 bridgehead atoms. The number of hydrogen-bond acceptors (Lipinski definition) is 2. The molecule has 0 radical (unpaired) electrons. The van der Waals surface area contributed by atoms with Gasteiger partial charge in [0.15, 0.2) is 5.96 Å². The van der Waals surface area contributed by atoms with Gasteiger partial charge in [-0.05, 0) is 25.3 Å². The lowest BCUT2D eigenvalue weighted by molar-refractivity contribution is -0.132. The van der Waals surface area contributed by atoms with Gasteiger partial charge in [0.25, 0.3) is 0 Å². The van der Waals surface area contributed by atoms with Gasteiger partial charge in [-0.2, -0.15) is 13.2 Å². The van der Waals surface area contributed by atoms with E-state index in [0.717, 1.165) is 25.2 Å². The molecule has 1 aromatic carbocycles. The Balaban J connectivity index is 0.00000392. The van der Waals surface area contributed by atoms with Crippen LogP contribution in [0.2, 0.25) is 0 Å². The van der Waals surface area contributed by atoms with Gasteiger partial charge in [0.2, 0.25) is 0 Å². The first kappa shape index (κ1) is 24.3. The minimum Gasteiger partial charge on any atom is -0.357 e. The molecule has 0 amide bonds. The lowest BCUT2D eigenvalue weighted by atomic mass is 10.1. The van der Waals surface area contributed by atoms with Gasteiger partial charge < -0.3 is 15.2 Å². The lowest BCUT2D eigenvalue weighted by Crippen LogP contribution is -2.39. The molecule has 0 aliphatic rings. The topological polar surface area (TPSA) is 54.2 Å². The summed E-state index contributed by atoms with van der Waals surface area (Å²) < 4.78 is 38.9. The van der Waals surface area contributed by atoms with E-state index in [1.165, 1.54) is 5.56 Å². The summed E-state index contributed by atoms with van der Waals surface area (Å²) in [7, 11) is 0. The first-order valence-electron chi connectivity index (χ1n) is 9.11. The molecule has 2 aromatic rings. The summed E-state index contributed by atoms with van der Waals surface area (Å²) >= 11 is 0. The Morgan fingerprint density at radius 3 is 2.61 bits per heavy atom. The number of benzene rings is 1. The van der Waals surface area contributed by atoms with E-state index in [-0.39, 0.29) is 30.5 Å². The number of aryl methyl sites for hydroxylation is 2. The van der Waals surface area contributed by atoms with Crippen LogP contribution in [-0.2, 0) is 19.5 Å². The average molecular weight is 509 g/mol. The van der Waals surface area contributed by atoms with Gasteiger partial charge in [-0.3, -0.25) is 0 Å². The molecule has 9 heteroatoms. The van der Waals surface area contributed by atoms with Crippen molar-refractivity contribution in [1.82, 2.24) is 20.2 Å². The molecule has 0 atom stereocenters. The number of nitrogens with one attached hydrogen (secondary N) is 2. The van der Waals surface area contributed by atoms with E-state index < -0.39 is 12.6 Å². The summed E-state index contributed by atoms with van der Waals surface area (Å²) in [6.07, 6.45) is 0.492. The van der Waals surface area contributed by atoms with Crippen molar-refractivity contribution in [2.24, 2.45) is 4.99 Å². The monoisotopic (exact) mass is 509 g/mol. The highest BCUT2D eigenvalue weighted by atomic mass is 127. The molecule has 5 nitrogen and oxygen atoms in total. The normalized spacial score (nSPS) is 11.8. The Morgan fingerprint density at radius 2 is 1.93 bits per heavy atom. The van der Waals surface area contributed by atoms with Gasteiger partial charge in [0, 0.05) is 32.0 Å². The summed E-state index contributed by atoms with van der Waals surface area (Å²) in [5, 5.41) is 5.66. The van der Waals surface area contributed by atoms with Crippen molar-refractivity contribution < 1.29 is 13.2 Å². The third kappa shape index (κ3) is 9.43. The van der Waals surface area contributed by atoms with E-state index in [4.69, 9.17) is 0 Å². The zero-order valence-electron chi connectivity index (χ0n) is 15.9. The minimum atomic E-state index is -4.18. The van der Waals surface area contributed by atoms with Crippen molar-refractivity contribution in [2.45, 2.75) is 45.5 Å². The summed E-state index contributed by atoms with van der Waals surface area (Å²) in [5.74, 6) is 1.15.